The van der Waals surface area contributed by atoms with Crippen molar-refractivity contribution < 1.29 is 4.52 Å². The molecule has 0 bridgehead atoms. The lowest BCUT2D eigenvalue weighted by Gasteiger charge is -2.07. The van der Waals surface area contributed by atoms with Gasteiger partial charge in [-0.3, -0.25) is 4.99 Å². The second-order valence-electron chi connectivity index (χ2n) is 5.21. The van der Waals surface area contributed by atoms with E-state index in [4.69, 9.17) is 21.1 Å². The van der Waals surface area contributed by atoms with E-state index in [1.165, 1.54) is 11.5 Å². The summed E-state index contributed by atoms with van der Waals surface area (Å²) in [6.07, 6.45) is 0. The quantitative estimate of drug-likeness (QED) is 0.664. The van der Waals surface area contributed by atoms with E-state index in [9.17, 15) is 0 Å². The Morgan fingerprint density at radius 2 is 1.86 bits per heavy atom. The van der Waals surface area contributed by atoms with Gasteiger partial charge in [0.2, 0.25) is 0 Å². The van der Waals surface area contributed by atoms with Crippen molar-refractivity contribution in [2.45, 2.75) is 20.4 Å². The Morgan fingerprint density at radius 3 is 2.64 bits per heavy atom. The number of hydrogen-bond acceptors (Lipinski definition) is 5. The zero-order valence-electron chi connectivity index (χ0n) is 12.1. The Bertz CT molecular complexity index is 893. The van der Waals surface area contributed by atoms with Crippen LogP contribution in [0.15, 0.2) is 33.8 Å². The lowest BCUT2D eigenvalue weighted by molar-refractivity contribution is 0.382. The summed E-state index contributed by atoms with van der Waals surface area (Å²) >= 11 is 7.47. The first-order valence-corrected chi connectivity index (χ1v) is 8.03. The average Bonchev–Trinajstić information content (AvgIpc) is 3.00. The number of nitrogens with zero attached hydrogens (tertiary/aromatic N) is 3. The van der Waals surface area contributed by atoms with E-state index in [2.05, 4.69) is 9.53 Å². The molecule has 0 unspecified atom stereocenters. The number of aliphatic imine (C=N–C) groups is 1. The zero-order chi connectivity index (χ0) is 15.3. The first kappa shape index (κ1) is 13.7. The summed E-state index contributed by atoms with van der Waals surface area (Å²) in [7, 11) is 0. The molecule has 22 heavy (non-hydrogen) atoms. The minimum Gasteiger partial charge on any atom is -0.358 e. The molecule has 0 radical (unpaired) electrons. The van der Waals surface area contributed by atoms with Gasteiger partial charge in [0.15, 0.2) is 5.76 Å². The Hall–Kier alpha value is -1.98. The van der Waals surface area contributed by atoms with Gasteiger partial charge in [-0.1, -0.05) is 28.9 Å². The Balaban J connectivity index is 1.97. The molecule has 0 fully saturated rings. The van der Waals surface area contributed by atoms with E-state index in [0.29, 0.717) is 11.6 Å². The zero-order valence-corrected chi connectivity index (χ0v) is 13.6. The predicted molar refractivity (Wildman–Crippen MR) is 87.9 cm³/mol. The molecule has 6 heteroatoms. The monoisotopic (exact) mass is 329 g/mol. The van der Waals surface area contributed by atoms with Crippen molar-refractivity contribution in [2.75, 3.05) is 0 Å². The molecule has 0 spiro atoms. The van der Waals surface area contributed by atoms with Crippen LogP contribution in [0.4, 0.5) is 0 Å². The van der Waals surface area contributed by atoms with Gasteiger partial charge in [0.05, 0.1) is 27.5 Å². The van der Waals surface area contributed by atoms with Gasteiger partial charge in [-0.25, -0.2) is 0 Å². The molecule has 4 nitrogen and oxygen atoms in total. The van der Waals surface area contributed by atoms with Gasteiger partial charge in [-0.2, -0.15) is 4.37 Å². The third-order valence-electron chi connectivity index (χ3n) is 3.76. The van der Waals surface area contributed by atoms with Crippen LogP contribution in [0.5, 0.6) is 0 Å². The van der Waals surface area contributed by atoms with E-state index in [1.54, 1.807) is 0 Å². The fourth-order valence-electron chi connectivity index (χ4n) is 2.71. The topological polar surface area (TPSA) is 51.3 Å². The maximum absolute atomic E-state index is 6.00. The SMILES string of the molecule is Cc1nsc2c1C(c1ccc(Cl)cc1)=NCc1onc(C)c1-2. The van der Waals surface area contributed by atoms with E-state index >= 15 is 0 Å². The molecule has 110 valence electrons. The average molecular weight is 330 g/mol. The normalized spacial score (nSPS) is 13.3. The van der Waals surface area contributed by atoms with Crippen LogP contribution in [0.3, 0.4) is 0 Å². The van der Waals surface area contributed by atoms with Crippen LogP contribution in [0.25, 0.3) is 10.4 Å². The smallest absolute Gasteiger partial charge is 0.167 e. The first-order valence-electron chi connectivity index (χ1n) is 6.87. The van der Waals surface area contributed by atoms with E-state index < -0.39 is 0 Å². The van der Waals surface area contributed by atoms with Crippen LogP contribution in [0.2, 0.25) is 5.02 Å². The molecule has 1 aliphatic rings. The highest BCUT2D eigenvalue weighted by atomic mass is 35.5. The highest BCUT2D eigenvalue weighted by Crippen LogP contribution is 2.39. The molecule has 0 N–H and O–H groups in total. The van der Waals surface area contributed by atoms with Crippen LogP contribution in [0, 0.1) is 13.8 Å². The minimum atomic E-state index is 0.481. The molecule has 4 rings (SSSR count). The van der Waals surface area contributed by atoms with Crippen molar-refractivity contribution in [3.8, 4) is 10.4 Å². The standard InChI is InChI=1S/C16H12ClN3OS/c1-8-13-12(21-19-8)7-18-15(10-3-5-11(17)6-4-10)14-9(2)20-22-16(13)14/h3-6H,7H2,1-2H3. The molecule has 3 heterocycles. The number of rotatable bonds is 1. The van der Waals surface area contributed by atoms with Crippen molar-refractivity contribution in [3.05, 3.63) is 57.6 Å². The molecular formula is C16H12ClN3OS. The van der Waals surface area contributed by atoms with Crippen molar-refractivity contribution in [1.29, 1.82) is 0 Å². The van der Waals surface area contributed by atoms with Crippen molar-refractivity contribution >= 4 is 28.8 Å². The number of aromatic nitrogens is 2. The summed E-state index contributed by atoms with van der Waals surface area (Å²) in [4.78, 5) is 5.84. The summed E-state index contributed by atoms with van der Waals surface area (Å²) in [5, 5.41) is 4.79. The summed E-state index contributed by atoms with van der Waals surface area (Å²) in [6, 6.07) is 7.73. The van der Waals surface area contributed by atoms with Gasteiger partial charge < -0.3 is 4.52 Å². The fraction of sp³-hybridized carbons (Fsp3) is 0.188. The molecule has 0 saturated carbocycles. The molecule has 3 aromatic rings. The Labute approximate surface area is 136 Å². The summed E-state index contributed by atoms with van der Waals surface area (Å²) < 4.78 is 9.95. The second-order valence-corrected chi connectivity index (χ2v) is 6.42. The maximum Gasteiger partial charge on any atom is 0.167 e. The molecule has 1 aliphatic heterocycles. The number of halogens is 1. The molecular weight excluding hydrogens is 318 g/mol. The molecule has 0 saturated heterocycles. The molecule has 2 aromatic heterocycles. The summed E-state index contributed by atoms with van der Waals surface area (Å²) in [5.41, 5.74) is 5.92. The second kappa shape index (κ2) is 5.04. The van der Waals surface area contributed by atoms with Gasteiger partial charge in [0, 0.05) is 16.1 Å². The number of benzene rings is 1. The minimum absolute atomic E-state index is 0.481. The van der Waals surface area contributed by atoms with E-state index in [0.717, 1.165) is 44.4 Å². The molecule has 1 aromatic carbocycles. The lowest BCUT2D eigenvalue weighted by atomic mass is 9.99. The van der Waals surface area contributed by atoms with Crippen LogP contribution in [-0.4, -0.2) is 15.2 Å². The van der Waals surface area contributed by atoms with Crippen molar-refractivity contribution in [2.24, 2.45) is 4.99 Å². The fourth-order valence-corrected chi connectivity index (χ4v) is 3.84. The highest BCUT2D eigenvalue weighted by molar-refractivity contribution is 7.10. The van der Waals surface area contributed by atoms with Crippen LogP contribution in [0.1, 0.15) is 28.3 Å². The molecule has 0 aliphatic carbocycles. The molecule has 0 amide bonds. The van der Waals surface area contributed by atoms with Crippen LogP contribution >= 0.6 is 23.1 Å². The van der Waals surface area contributed by atoms with E-state index in [-0.39, 0.29) is 0 Å². The third-order valence-corrected chi connectivity index (χ3v) is 4.97. The summed E-state index contributed by atoms with van der Waals surface area (Å²) in [5.74, 6) is 0.798. The van der Waals surface area contributed by atoms with Crippen molar-refractivity contribution in [1.82, 2.24) is 9.53 Å². The van der Waals surface area contributed by atoms with Gasteiger partial charge in [-0.05, 0) is 37.5 Å². The third kappa shape index (κ3) is 2.01. The van der Waals surface area contributed by atoms with Crippen LogP contribution in [-0.2, 0) is 6.54 Å². The maximum atomic E-state index is 6.00. The lowest BCUT2D eigenvalue weighted by Crippen LogP contribution is -2.05. The van der Waals surface area contributed by atoms with Gasteiger partial charge in [-0.15, -0.1) is 0 Å². The van der Waals surface area contributed by atoms with Crippen LogP contribution < -0.4 is 0 Å². The highest BCUT2D eigenvalue weighted by Gasteiger charge is 2.27. The first-order chi connectivity index (χ1) is 10.6. The predicted octanol–water partition coefficient (Wildman–Crippen LogP) is 4.42. The largest absolute Gasteiger partial charge is 0.358 e. The number of fused-ring (bicyclic) bond motifs is 3. The molecule has 0 atom stereocenters. The number of aryl methyl sites for hydroxylation is 2. The van der Waals surface area contributed by atoms with Gasteiger partial charge >= 0.3 is 0 Å². The van der Waals surface area contributed by atoms with Gasteiger partial charge in [0.25, 0.3) is 0 Å². The Kier molecular flexibility index (Phi) is 3.13. The van der Waals surface area contributed by atoms with Crippen molar-refractivity contribution in [3.63, 3.8) is 0 Å². The van der Waals surface area contributed by atoms with Gasteiger partial charge in [0.1, 0.15) is 6.54 Å². The summed E-state index contributed by atoms with van der Waals surface area (Å²) in [6.45, 7) is 4.44. The van der Waals surface area contributed by atoms with E-state index in [1.807, 2.05) is 38.1 Å². The number of hydrogen-bond donors (Lipinski definition) is 0. The Morgan fingerprint density at radius 1 is 1.09 bits per heavy atom.